The van der Waals surface area contributed by atoms with E-state index in [1.807, 2.05) is 48.0 Å². The molecule has 2 aliphatic rings. The van der Waals surface area contributed by atoms with Crippen molar-refractivity contribution in [2.24, 2.45) is 12.8 Å². The molecule has 0 atom stereocenters. The van der Waals surface area contributed by atoms with E-state index in [2.05, 4.69) is 21.9 Å². The molecule has 0 spiro atoms. The molecule has 2 aromatic heterocycles. The lowest BCUT2D eigenvalue weighted by Gasteiger charge is -2.14. The van der Waals surface area contributed by atoms with Gasteiger partial charge in [-0.1, -0.05) is 24.8 Å². The Morgan fingerprint density at radius 2 is 1.73 bits per heavy atom. The topological polar surface area (TPSA) is 138 Å². The smallest absolute Gasteiger partial charge is 0.252 e. The lowest BCUT2D eigenvalue weighted by Crippen LogP contribution is -2.13. The normalized spacial score (nSPS) is 14.5. The molecule has 2 fully saturated rings. The average molecular weight is 557 g/mol. The van der Waals surface area contributed by atoms with Gasteiger partial charge in [-0.05, 0) is 74.4 Å². The van der Waals surface area contributed by atoms with E-state index in [0.717, 1.165) is 54.5 Å². The Labute approximate surface area is 237 Å². The van der Waals surface area contributed by atoms with Crippen molar-refractivity contribution in [3.8, 4) is 28.1 Å². The van der Waals surface area contributed by atoms with Crippen molar-refractivity contribution in [1.82, 2.24) is 14.5 Å². The second-order valence-electron chi connectivity index (χ2n) is 10.5. The number of nitrogen functional groups attached to an aromatic ring is 1. The molecule has 2 amide bonds. The van der Waals surface area contributed by atoms with Crippen LogP contribution in [0.2, 0.25) is 0 Å². The number of aryl methyl sites for hydroxylation is 1. The highest BCUT2D eigenvalue weighted by molar-refractivity contribution is 6.09. The van der Waals surface area contributed by atoms with Crippen molar-refractivity contribution >= 4 is 34.4 Å². The number of anilines is 2. The fourth-order valence-electron chi connectivity index (χ4n) is 4.55. The average Bonchev–Trinajstić information content (AvgIpc) is 3.69. The first-order valence-electron chi connectivity index (χ1n) is 13.5. The lowest BCUT2D eigenvalue weighted by molar-refractivity contribution is -0.112. The van der Waals surface area contributed by atoms with Gasteiger partial charge >= 0.3 is 0 Å². The quantitative estimate of drug-likeness (QED) is 0.255. The summed E-state index contributed by atoms with van der Waals surface area (Å²) in [5.74, 6) is -0.0102. The van der Waals surface area contributed by atoms with Crippen molar-refractivity contribution in [1.29, 1.82) is 0 Å². The van der Waals surface area contributed by atoms with E-state index in [0.29, 0.717) is 39.4 Å². The number of halogens is 1. The van der Waals surface area contributed by atoms with Gasteiger partial charge in [0, 0.05) is 23.9 Å². The first-order valence-corrected chi connectivity index (χ1v) is 13.5. The highest BCUT2D eigenvalue weighted by Gasteiger charge is 2.27. The SMILES string of the molecule is C=C(C)C(=O)Nc1ccc(-c2c(-c3ccc(C(N)=O)c(OC4CC4)c3)c3c(N)ncnc3n2C)cc1.FC1CCC1. The number of nitrogens with zero attached hydrogens (tertiary/aromatic N) is 3. The zero-order valence-electron chi connectivity index (χ0n) is 23.1. The third-order valence-corrected chi connectivity index (χ3v) is 7.19. The predicted octanol–water partition coefficient (Wildman–Crippen LogP) is 5.55. The first kappa shape index (κ1) is 27.8. The molecule has 2 aliphatic carbocycles. The number of carbonyl (C=O) groups is 2. The molecule has 0 saturated heterocycles. The summed E-state index contributed by atoms with van der Waals surface area (Å²) in [6, 6.07) is 12.8. The van der Waals surface area contributed by atoms with Crippen LogP contribution in [0.5, 0.6) is 5.75 Å². The zero-order chi connectivity index (χ0) is 29.3. The Morgan fingerprint density at radius 3 is 2.29 bits per heavy atom. The lowest BCUT2D eigenvalue weighted by atomic mass is 9.97. The summed E-state index contributed by atoms with van der Waals surface area (Å²) in [6.07, 6.45) is 5.71. The summed E-state index contributed by atoms with van der Waals surface area (Å²) in [4.78, 5) is 32.8. The molecule has 2 saturated carbocycles. The maximum absolute atomic E-state index is 12.0. The van der Waals surface area contributed by atoms with E-state index in [1.165, 1.54) is 6.33 Å². The summed E-state index contributed by atoms with van der Waals surface area (Å²) in [7, 11) is 1.91. The molecule has 2 aromatic carbocycles. The van der Waals surface area contributed by atoms with Crippen LogP contribution in [0.4, 0.5) is 15.9 Å². The van der Waals surface area contributed by atoms with Gasteiger partial charge in [-0.15, -0.1) is 0 Å². The van der Waals surface area contributed by atoms with Gasteiger partial charge in [0.25, 0.3) is 11.8 Å². The molecule has 6 rings (SSSR count). The van der Waals surface area contributed by atoms with E-state index in [9.17, 15) is 14.0 Å². The number of rotatable bonds is 7. The molecule has 212 valence electrons. The highest BCUT2D eigenvalue weighted by Crippen LogP contribution is 2.43. The van der Waals surface area contributed by atoms with Crippen LogP contribution in [0.3, 0.4) is 0 Å². The van der Waals surface area contributed by atoms with Gasteiger partial charge in [-0.2, -0.15) is 0 Å². The van der Waals surface area contributed by atoms with E-state index >= 15 is 0 Å². The van der Waals surface area contributed by atoms with Gasteiger partial charge in [-0.25, -0.2) is 14.4 Å². The molecule has 9 nitrogen and oxygen atoms in total. The van der Waals surface area contributed by atoms with Gasteiger partial charge in [-0.3, -0.25) is 9.59 Å². The van der Waals surface area contributed by atoms with Crippen molar-refractivity contribution in [2.75, 3.05) is 11.1 Å². The van der Waals surface area contributed by atoms with Gasteiger partial charge in [0.1, 0.15) is 29.7 Å². The first-order chi connectivity index (χ1) is 19.6. The molecule has 5 N–H and O–H groups in total. The largest absolute Gasteiger partial charge is 0.490 e. The zero-order valence-corrected chi connectivity index (χ0v) is 23.1. The molecule has 0 radical (unpaired) electrons. The van der Waals surface area contributed by atoms with Crippen LogP contribution >= 0.6 is 0 Å². The number of hydrogen-bond donors (Lipinski definition) is 3. The van der Waals surface area contributed by atoms with Crippen LogP contribution in [0, 0.1) is 0 Å². The summed E-state index contributed by atoms with van der Waals surface area (Å²) < 4.78 is 19.5. The predicted molar refractivity (Wildman–Crippen MR) is 158 cm³/mol. The van der Waals surface area contributed by atoms with Crippen LogP contribution in [-0.4, -0.2) is 38.6 Å². The Kier molecular flexibility index (Phi) is 7.74. The van der Waals surface area contributed by atoms with Crippen molar-refractivity contribution < 1.29 is 18.7 Å². The van der Waals surface area contributed by atoms with E-state index in [-0.39, 0.29) is 12.0 Å². The maximum atomic E-state index is 12.0. The second kappa shape index (κ2) is 11.4. The van der Waals surface area contributed by atoms with Gasteiger partial charge in [0.15, 0.2) is 0 Å². The molecular formula is C31H33FN6O3. The molecule has 4 aromatic rings. The summed E-state index contributed by atoms with van der Waals surface area (Å²) in [6.45, 7) is 5.33. The number of amides is 2. The number of primary amides is 1. The van der Waals surface area contributed by atoms with Crippen molar-refractivity contribution in [3.05, 3.63) is 66.5 Å². The number of nitrogens with one attached hydrogen (secondary N) is 1. The standard InChI is InChI=1S/C27H26N6O3.C4H7F/c1-14(2)27(35)32-17-7-4-15(5-8-17)23-21(22-24(28)30-13-31-26(22)33(23)3)16-6-11-19(25(29)34)20(12-16)36-18-9-10-18;5-4-2-1-3-4/h4-8,11-13,18H,1,9-10H2,2-3H3,(H2,29,34)(H,32,35)(H2,28,30,31);4H,1-3H2. The Bertz CT molecular complexity index is 1640. The summed E-state index contributed by atoms with van der Waals surface area (Å²) >= 11 is 0. The molecule has 2 heterocycles. The van der Waals surface area contributed by atoms with Crippen molar-refractivity contribution in [2.45, 2.75) is 51.3 Å². The van der Waals surface area contributed by atoms with Crippen molar-refractivity contribution in [3.63, 3.8) is 0 Å². The number of fused-ring (bicyclic) bond motifs is 1. The van der Waals surface area contributed by atoms with E-state index in [1.54, 1.807) is 13.0 Å². The molecule has 10 heteroatoms. The Morgan fingerprint density at radius 1 is 1.07 bits per heavy atom. The highest BCUT2D eigenvalue weighted by atomic mass is 19.1. The minimum Gasteiger partial charge on any atom is -0.490 e. The van der Waals surface area contributed by atoms with Crippen LogP contribution < -0.4 is 21.5 Å². The number of alkyl halides is 1. The monoisotopic (exact) mass is 556 g/mol. The number of nitrogens with two attached hydrogens (primary N) is 2. The number of carbonyl (C=O) groups excluding carboxylic acids is 2. The fourth-order valence-corrected chi connectivity index (χ4v) is 4.55. The van der Waals surface area contributed by atoms with E-state index in [4.69, 9.17) is 16.2 Å². The molecule has 0 bridgehead atoms. The summed E-state index contributed by atoms with van der Waals surface area (Å²) in [5, 5.41) is 3.51. The number of benzene rings is 2. The number of ether oxygens (including phenoxy) is 1. The molecule has 41 heavy (non-hydrogen) atoms. The van der Waals surface area contributed by atoms with Gasteiger partial charge in [0.05, 0.1) is 22.7 Å². The minimum absolute atomic E-state index is 0.0840. The maximum Gasteiger partial charge on any atom is 0.252 e. The van der Waals surface area contributed by atoms with E-state index < -0.39 is 12.1 Å². The fraction of sp³-hybridized carbons (Fsp3) is 0.290. The van der Waals surface area contributed by atoms with Crippen LogP contribution in [0.15, 0.2) is 60.9 Å². The Balaban J connectivity index is 0.000000610. The van der Waals surface area contributed by atoms with Gasteiger partial charge in [0.2, 0.25) is 0 Å². The molecular weight excluding hydrogens is 523 g/mol. The van der Waals surface area contributed by atoms with Crippen LogP contribution in [0.1, 0.15) is 49.4 Å². The number of hydrogen-bond acceptors (Lipinski definition) is 6. The second-order valence-corrected chi connectivity index (χ2v) is 10.5. The minimum atomic E-state index is -0.550. The Hall–Kier alpha value is -4.73. The molecule has 0 aliphatic heterocycles. The van der Waals surface area contributed by atoms with Crippen LogP contribution in [0.25, 0.3) is 33.4 Å². The number of aromatic nitrogens is 3. The third kappa shape index (κ3) is 5.91. The third-order valence-electron chi connectivity index (χ3n) is 7.19. The van der Waals surface area contributed by atoms with Crippen LogP contribution in [-0.2, 0) is 11.8 Å². The van der Waals surface area contributed by atoms with Gasteiger partial charge < -0.3 is 26.1 Å². The summed E-state index contributed by atoms with van der Waals surface area (Å²) in [5.41, 5.74) is 17.3. The molecule has 0 unspecified atom stereocenters.